The van der Waals surface area contributed by atoms with Gasteiger partial charge in [-0.25, -0.2) is 8.78 Å². The van der Waals surface area contributed by atoms with Crippen LogP contribution < -0.4 is 11.5 Å². The molecule has 6 nitrogen and oxygen atoms in total. The molecule has 0 aliphatic carbocycles. The number of unbranched alkanes of at least 4 members (excludes halogenated alkanes) is 1. The molecule has 2 aromatic rings. The number of hydrogen-bond acceptors (Lipinski definition) is 4. The van der Waals surface area contributed by atoms with Gasteiger partial charge in [-0.1, -0.05) is 32.1 Å². The van der Waals surface area contributed by atoms with Crippen LogP contribution in [0.2, 0.25) is 0 Å². The Kier molecular flexibility index (Phi) is 14.5. The highest BCUT2D eigenvalue weighted by Gasteiger charge is 2.39. The Hall–Kier alpha value is -4.02. The predicted molar refractivity (Wildman–Crippen MR) is 152 cm³/mol. The van der Waals surface area contributed by atoms with E-state index < -0.39 is 23.0 Å². The molecule has 0 radical (unpaired) electrons. The van der Waals surface area contributed by atoms with E-state index in [4.69, 9.17) is 10.5 Å². The van der Waals surface area contributed by atoms with Crippen molar-refractivity contribution >= 4 is 23.7 Å². The van der Waals surface area contributed by atoms with Crippen molar-refractivity contribution in [3.63, 3.8) is 0 Å². The highest BCUT2D eigenvalue weighted by Crippen LogP contribution is 2.37. The maximum Gasteiger partial charge on any atom is 0.416 e. The lowest BCUT2D eigenvalue weighted by atomic mass is 9.74. The second-order valence-corrected chi connectivity index (χ2v) is 9.40. The molecule has 1 aliphatic rings. The first-order valence-electron chi connectivity index (χ1n) is 13.0. The van der Waals surface area contributed by atoms with E-state index in [1.165, 1.54) is 18.3 Å². The Morgan fingerprint density at radius 2 is 1.68 bits per heavy atom. The molecule has 0 saturated carbocycles. The van der Waals surface area contributed by atoms with Crippen LogP contribution in [0.15, 0.2) is 72.4 Å². The summed E-state index contributed by atoms with van der Waals surface area (Å²) >= 11 is 0. The first-order valence-corrected chi connectivity index (χ1v) is 13.0. The number of allylic oxidation sites excluding steroid dienone is 2. The predicted octanol–water partition coefficient (Wildman–Crippen LogP) is 6.56. The maximum absolute atomic E-state index is 14.2. The standard InChI is InChI=1S/C23H28F4N2O.C6H6FN.CH3NO/c1-4-6-7-10-20(28-5-2)22(3,16-21(30)29-11-8-9-12-29)17-13-18(23(25,26)27)15-19(24)14-17;7-5-2-1-3-6(8)4-5;2-1-3/h5,7,10,13-15H,2,4,6,8-9,11-12,16H2,1,3H3;1-4H,8H2;1H,(H2,2,3)/b10-7-,28-20?;;/t22-;;/m1../s1. The highest BCUT2D eigenvalue weighted by atomic mass is 19.4. The topological polar surface area (TPSA) is 102 Å². The average molecular weight is 581 g/mol. The number of carbonyl (C=O) groups is 2. The van der Waals surface area contributed by atoms with E-state index in [2.05, 4.69) is 17.3 Å². The van der Waals surface area contributed by atoms with Crippen LogP contribution in [0.3, 0.4) is 0 Å². The van der Waals surface area contributed by atoms with Crippen molar-refractivity contribution in [2.75, 3.05) is 18.8 Å². The third-order valence-electron chi connectivity index (χ3n) is 6.20. The first-order chi connectivity index (χ1) is 19.3. The van der Waals surface area contributed by atoms with Crippen molar-refractivity contribution in [3.8, 4) is 0 Å². The number of nitrogens with two attached hydrogens (primary N) is 2. The second kappa shape index (κ2) is 16.9. The number of rotatable bonds is 8. The fourth-order valence-electron chi connectivity index (χ4n) is 4.13. The third kappa shape index (κ3) is 11.5. The number of alkyl halides is 3. The van der Waals surface area contributed by atoms with Crippen LogP contribution in [0.1, 0.15) is 57.1 Å². The van der Waals surface area contributed by atoms with Crippen molar-refractivity contribution < 1.29 is 31.5 Å². The Balaban J connectivity index is 0.000000638. The fraction of sp³-hybridized carbons (Fsp3) is 0.367. The minimum atomic E-state index is -4.70. The van der Waals surface area contributed by atoms with Gasteiger partial charge in [-0.2, -0.15) is 13.2 Å². The molecule has 224 valence electrons. The van der Waals surface area contributed by atoms with Crippen molar-refractivity contribution in [2.24, 2.45) is 10.7 Å². The summed E-state index contributed by atoms with van der Waals surface area (Å²) in [5.41, 5.74) is 7.94. The van der Waals surface area contributed by atoms with Crippen LogP contribution in [0.4, 0.5) is 27.6 Å². The zero-order valence-electron chi connectivity index (χ0n) is 23.3. The average Bonchev–Trinajstić information content (AvgIpc) is 3.43. The van der Waals surface area contributed by atoms with Gasteiger partial charge in [0.2, 0.25) is 12.3 Å². The van der Waals surface area contributed by atoms with Gasteiger partial charge >= 0.3 is 6.18 Å². The molecule has 11 heteroatoms. The Morgan fingerprint density at radius 1 is 1.07 bits per heavy atom. The fourth-order valence-corrected chi connectivity index (χ4v) is 4.13. The smallest absolute Gasteiger partial charge is 0.399 e. The number of hydrogen-bond donors (Lipinski definition) is 2. The van der Waals surface area contributed by atoms with Gasteiger partial charge in [-0.05, 0) is 74.2 Å². The number of aliphatic imine (C=N–C) groups is 1. The van der Waals surface area contributed by atoms with E-state index in [9.17, 15) is 26.7 Å². The molecule has 1 fully saturated rings. The van der Waals surface area contributed by atoms with Crippen molar-refractivity contribution in [2.45, 2.75) is 57.5 Å². The summed E-state index contributed by atoms with van der Waals surface area (Å²) in [5, 5.41) is 0. The minimum absolute atomic E-state index is 0.0594. The maximum atomic E-state index is 14.2. The van der Waals surface area contributed by atoms with Gasteiger partial charge < -0.3 is 16.4 Å². The molecule has 1 heterocycles. The van der Waals surface area contributed by atoms with Crippen LogP contribution >= 0.6 is 0 Å². The first kappa shape index (κ1) is 35.0. The summed E-state index contributed by atoms with van der Waals surface area (Å²) in [7, 11) is 0. The molecular formula is C30H37F5N4O2. The molecule has 3 rings (SSSR count). The number of primary amides is 1. The van der Waals surface area contributed by atoms with Gasteiger partial charge in [-0.15, -0.1) is 0 Å². The van der Waals surface area contributed by atoms with Crippen LogP contribution in [0.5, 0.6) is 0 Å². The number of anilines is 1. The quantitative estimate of drug-likeness (QED) is 0.160. The lowest BCUT2D eigenvalue weighted by Gasteiger charge is -2.32. The number of nitrogen functional groups attached to an aromatic ring is 1. The van der Waals surface area contributed by atoms with Crippen LogP contribution in [0.25, 0.3) is 0 Å². The molecule has 0 spiro atoms. The van der Waals surface area contributed by atoms with Crippen molar-refractivity contribution in [1.29, 1.82) is 0 Å². The number of carbonyl (C=O) groups excluding carboxylic acids is 2. The van der Waals surface area contributed by atoms with Crippen LogP contribution in [-0.4, -0.2) is 36.0 Å². The summed E-state index contributed by atoms with van der Waals surface area (Å²) in [6.45, 7) is 8.46. The molecule has 0 unspecified atom stereocenters. The lowest BCUT2D eigenvalue weighted by molar-refractivity contribution is -0.137. The van der Waals surface area contributed by atoms with Crippen molar-refractivity contribution in [3.05, 3.63) is 90.2 Å². The molecule has 1 atom stereocenters. The molecule has 4 N–H and O–H groups in total. The minimum Gasteiger partial charge on any atom is -0.399 e. The number of benzene rings is 2. The molecule has 2 amide bonds. The summed E-state index contributed by atoms with van der Waals surface area (Å²) in [6, 6.07) is 8.28. The van der Waals surface area contributed by atoms with E-state index >= 15 is 0 Å². The molecule has 1 aliphatic heterocycles. The van der Waals surface area contributed by atoms with Gasteiger partial charge in [0, 0.05) is 36.8 Å². The van der Waals surface area contributed by atoms with Crippen LogP contribution in [0, 0.1) is 11.6 Å². The molecular weight excluding hydrogens is 543 g/mol. The van der Waals surface area contributed by atoms with Crippen molar-refractivity contribution in [1.82, 2.24) is 4.90 Å². The largest absolute Gasteiger partial charge is 0.416 e. The van der Waals surface area contributed by atoms with E-state index in [-0.39, 0.29) is 30.1 Å². The number of likely N-dealkylation sites (tertiary alicyclic amines) is 1. The monoisotopic (exact) mass is 580 g/mol. The molecule has 0 bridgehead atoms. The van der Waals surface area contributed by atoms with Gasteiger partial charge in [0.25, 0.3) is 0 Å². The van der Waals surface area contributed by atoms with Gasteiger partial charge in [0.05, 0.1) is 11.3 Å². The SMILES string of the molecule is C=CN=C(/C=C\CCC)[C@](C)(CC(=O)N1CCCC1)c1cc(F)cc(C(F)(F)F)c1.NC=O.Nc1cccc(F)c1. The Labute approximate surface area is 237 Å². The third-order valence-corrected chi connectivity index (χ3v) is 6.20. The zero-order chi connectivity index (χ0) is 31.1. The van der Waals surface area contributed by atoms with Gasteiger partial charge in [0.1, 0.15) is 11.6 Å². The zero-order valence-corrected chi connectivity index (χ0v) is 23.3. The highest BCUT2D eigenvalue weighted by molar-refractivity contribution is 6.06. The Bertz CT molecular complexity index is 1190. The number of nitrogens with zero attached hydrogens (tertiary/aromatic N) is 2. The van der Waals surface area contributed by atoms with E-state index in [0.717, 1.165) is 37.8 Å². The lowest BCUT2D eigenvalue weighted by Crippen LogP contribution is -2.39. The van der Waals surface area contributed by atoms with E-state index in [1.54, 1.807) is 30.0 Å². The Morgan fingerprint density at radius 3 is 2.17 bits per heavy atom. The van der Waals surface area contributed by atoms with Gasteiger partial charge in [0.15, 0.2) is 0 Å². The van der Waals surface area contributed by atoms with Crippen LogP contribution in [-0.2, 0) is 21.2 Å². The number of halogens is 5. The number of amides is 2. The second-order valence-electron chi connectivity index (χ2n) is 9.40. The summed E-state index contributed by atoms with van der Waals surface area (Å²) < 4.78 is 66.3. The summed E-state index contributed by atoms with van der Waals surface area (Å²) in [6.07, 6.45) is 3.67. The van der Waals surface area contributed by atoms with E-state index in [0.29, 0.717) is 30.6 Å². The summed E-state index contributed by atoms with van der Waals surface area (Å²) in [4.78, 5) is 27.5. The van der Waals surface area contributed by atoms with E-state index in [1.807, 2.05) is 13.0 Å². The summed E-state index contributed by atoms with van der Waals surface area (Å²) in [5.74, 6) is -1.48. The normalized spacial score (nSPS) is 14.8. The molecule has 1 saturated heterocycles. The van der Waals surface area contributed by atoms with Gasteiger partial charge in [-0.3, -0.25) is 14.6 Å². The molecule has 2 aromatic carbocycles. The molecule has 0 aromatic heterocycles. The molecule has 41 heavy (non-hydrogen) atoms.